The summed E-state index contributed by atoms with van der Waals surface area (Å²) in [5, 5.41) is 2.58. The molecule has 0 aliphatic carbocycles. The molecule has 5 heteroatoms. The lowest BCUT2D eigenvalue weighted by Gasteiger charge is -2.44. The van der Waals surface area contributed by atoms with Crippen LogP contribution in [0, 0.1) is 0 Å². The Kier molecular flexibility index (Phi) is 17.1. The molecule has 0 radical (unpaired) electrons. The Hall–Kier alpha value is -1.51. The van der Waals surface area contributed by atoms with Crippen molar-refractivity contribution in [3.63, 3.8) is 0 Å². The summed E-state index contributed by atoms with van der Waals surface area (Å²) >= 11 is 0. The molecule has 0 saturated carbocycles. The van der Waals surface area contributed by atoms with E-state index in [0.717, 1.165) is 6.42 Å². The molecular formula is C40H69NO2Si2. The zero-order valence-electron chi connectivity index (χ0n) is 30.7. The maximum atomic E-state index is 7.24. The van der Waals surface area contributed by atoms with Gasteiger partial charge in [0.05, 0.1) is 18.8 Å². The van der Waals surface area contributed by atoms with Crippen molar-refractivity contribution in [2.45, 2.75) is 161 Å². The van der Waals surface area contributed by atoms with Crippen LogP contribution in [0.5, 0.6) is 0 Å². The van der Waals surface area contributed by atoms with Crippen molar-refractivity contribution in [3.05, 3.63) is 72.8 Å². The molecule has 2 aromatic carbocycles. The quantitative estimate of drug-likeness (QED) is 0.0830. The summed E-state index contributed by atoms with van der Waals surface area (Å²) in [6.45, 7) is 21.3. The van der Waals surface area contributed by atoms with Crippen LogP contribution in [0.4, 0.5) is 0 Å². The Labute approximate surface area is 281 Å². The fraction of sp³-hybridized carbons (Fsp3) is 0.650. The van der Waals surface area contributed by atoms with Crippen LogP contribution in [0.1, 0.15) is 126 Å². The first kappa shape index (κ1) is 39.7. The molecule has 254 valence electrons. The minimum absolute atomic E-state index is 0.0872. The van der Waals surface area contributed by atoms with E-state index in [1.54, 1.807) is 0 Å². The second-order valence-electron chi connectivity index (χ2n) is 15.7. The molecule has 0 spiro atoms. The van der Waals surface area contributed by atoms with E-state index in [2.05, 4.69) is 134 Å². The summed E-state index contributed by atoms with van der Waals surface area (Å²) in [7, 11) is -4.72. The van der Waals surface area contributed by atoms with Gasteiger partial charge in [-0.3, -0.25) is 0 Å². The lowest BCUT2D eigenvalue weighted by Crippen LogP contribution is -2.67. The van der Waals surface area contributed by atoms with Crippen molar-refractivity contribution in [2.24, 2.45) is 5.73 Å². The number of hydrogen-bond acceptors (Lipinski definition) is 3. The monoisotopic (exact) mass is 651 g/mol. The van der Waals surface area contributed by atoms with Crippen LogP contribution in [0.3, 0.4) is 0 Å². The van der Waals surface area contributed by atoms with Crippen LogP contribution in [0.15, 0.2) is 72.8 Å². The Balaban J connectivity index is 2.12. The highest BCUT2D eigenvalue weighted by molar-refractivity contribution is 6.99. The molecule has 0 bridgehead atoms. The normalized spacial score (nSPS) is 14.6. The van der Waals surface area contributed by atoms with Gasteiger partial charge >= 0.3 is 0 Å². The Bertz CT molecular complexity index is 1030. The summed E-state index contributed by atoms with van der Waals surface area (Å²) in [5.41, 5.74) is 7.07. The number of unbranched alkanes of at least 4 members (excludes halogenated alkanes) is 11. The number of nitrogens with two attached hydrogens (primary N) is 1. The first-order chi connectivity index (χ1) is 21.3. The van der Waals surface area contributed by atoms with Crippen molar-refractivity contribution in [3.8, 4) is 0 Å². The van der Waals surface area contributed by atoms with Gasteiger partial charge in [-0.25, -0.2) is 0 Å². The zero-order chi connectivity index (χ0) is 33.4. The average molecular weight is 652 g/mol. The van der Waals surface area contributed by atoms with Gasteiger partial charge in [-0.2, -0.15) is 0 Å². The minimum atomic E-state index is -2.67. The molecular weight excluding hydrogens is 583 g/mol. The molecule has 0 saturated heterocycles. The molecule has 0 aliphatic rings. The fourth-order valence-corrected chi connectivity index (χ4v) is 11.9. The number of hydrogen-bond donors (Lipinski definition) is 1. The summed E-state index contributed by atoms with van der Waals surface area (Å²) in [4.78, 5) is 0. The molecule has 0 unspecified atom stereocenters. The topological polar surface area (TPSA) is 44.5 Å². The van der Waals surface area contributed by atoms with Crippen LogP contribution in [0.2, 0.25) is 23.2 Å². The average Bonchev–Trinajstić information content (AvgIpc) is 2.99. The predicted molar refractivity (Wildman–Crippen MR) is 204 cm³/mol. The highest BCUT2D eigenvalue weighted by atomic mass is 28.4. The van der Waals surface area contributed by atoms with E-state index in [4.69, 9.17) is 14.6 Å². The van der Waals surface area contributed by atoms with E-state index in [9.17, 15) is 0 Å². The predicted octanol–water partition coefficient (Wildman–Crippen LogP) is 10.5. The lowest BCUT2D eigenvalue weighted by molar-refractivity contribution is 0.153. The van der Waals surface area contributed by atoms with Crippen LogP contribution < -0.4 is 16.1 Å². The highest BCUT2D eigenvalue weighted by Crippen LogP contribution is 2.39. The molecule has 2 N–H and O–H groups in total. The van der Waals surface area contributed by atoms with Gasteiger partial charge in [0.2, 0.25) is 0 Å². The zero-order valence-corrected chi connectivity index (χ0v) is 32.7. The van der Waals surface area contributed by atoms with Gasteiger partial charge in [0.1, 0.15) is 0 Å². The molecule has 2 rings (SSSR count). The van der Waals surface area contributed by atoms with Crippen molar-refractivity contribution in [1.29, 1.82) is 0 Å². The first-order valence-corrected chi connectivity index (χ1v) is 22.9. The fourth-order valence-electron chi connectivity index (χ4n) is 6.02. The molecule has 0 amide bonds. The van der Waals surface area contributed by atoms with Gasteiger partial charge in [0, 0.05) is 0 Å². The first-order valence-electron chi connectivity index (χ1n) is 18.1. The number of allylic oxidation sites excluding steroid dienone is 1. The Morgan fingerprint density at radius 2 is 1.11 bits per heavy atom. The highest BCUT2D eigenvalue weighted by Gasteiger charge is 2.50. The van der Waals surface area contributed by atoms with Gasteiger partial charge in [-0.05, 0) is 46.4 Å². The van der Waals surface area contributed by atoms with Gasteiger partial charge in [-0.15, -0.1) is 0 Å². The Morgan fingerprint density at radius 1 is 0.667 bits per heavy atom. The summed E-state index contributed by atoms with van der Waals surface area (Å²) in [6.07, 6.45) is 20.5. The van der Waals surface area contributed by atoms with Gasteiger partial charge in [0.25, 0.3) is 8.32 Å². The molecule has 0 aromatic heterocycles. The second-order valence-corrected chi connectivity index (χ2v) is 24.8. The van der Waals surface area contributed by atoms with Crippen molar-refractivity contribution >= 4 is 27.0 Å². The molecule has 0 heterocycles. The third-order valence-corrected chi connectivity index (χ3v) is 19.3. The van der Waals surface area contributed by atoms with E-state index in [0.29, 0.717) is 6.61 Å². The summed E-state index contributed by atoms with van der Waals surface area (Å²) in [6, 6.07) is 21.4. The van der Waals surface area contributed by atoms with E-state index in [-0.39, 0.29) is 22.2 Å². The van der Waals surface area contributed by atoms with E-state index >= 15 is 0 Å². The molecule has 2 aromatic rings. The lowest BCUT2D eigenvalue weighted by atomic mass is 10.0. The molecule has 2 atom stereocenters. The smallest absolute Gasteiger partial charge is 0.261 e. The molecule has 0 fully saturated rings. The van der Waals surface area contributed by atoms with Crippen LogP contribution in [0.25, 0.3) is 0 Å². The standard InChI is InChI=1S/C40H69NO2Si2/c1-10-11-12-13-14-15-16-17-18-19-20-21-28-33-38(43-44(8,9)39(2,3)4)37(41)34-42-45(40(5,6)7,35-29-24-22-25-30-35)36-31-26-23-27-32-36/h22-33,37-38H,10-21,34,41H2,1-9H3/b33-28+/t37-,38+/m0/s1. The number of benzene rings is 2. The van der Waals surface area contributed by atoms with E-state index < -0.39 is 16.6 Å². The largest absolute Gasteiger partial charge is 0.409 e. The van der Waals surface area contributed by atoms with Gasteiger partial charge in [-0.1, -0.05) is 185 Å². The minimum Gasteiger partial charge on any atom is -0.409 e. The van der Waals surface area contributed by atoms with Crippen LogP contribution in [-0.2, 0) is 8.85 Å². The van der Waals surface area contributed by atoms with Crippen LogP contribution >= 0.6 is 0 Å². The second kappa shape index (κ2) is 19.3. The van der Waals surface area contributed by atoms with Crippen LogP contribution in [-0.4, -0.2) is 35.4 Å². The maximum absolute atomic E-state index is 7.24. The van der Waals surface area contributed by atoms with Crippen molar-refractivity contribution in [1.82, 2.24) is 0 Å². The summed E-state index contributed by atoms with van der Waals surface area (Å²) < 4.78 is 14.2. The van der Waals surface area contributed by atoms with Gasteiger partial charge < -0.3 is 14.6 Å². The molecule has 0 aliphatic heterocycles. The third kappa shape index (κ3) is 12.6. The third-order valence-electron chi connectivity index (χ3n) is 9.87. The van der Waals surface area contributed by atoms with E-state index in [1.165, 1.54) is 81.0 Å². The molecule has 3 nitrogen and oxygen atoms in total. The van der Waals surface area contributed by atoms with Crippen molar-refractivity contribution in [2.75, 3.05) is 6.61 Å². The Morgan fingerprint density at radius 3 is 1.53 bits per heavy atom. The van der Waals surface area contributed by atoms with E-state index in [1.807, 2.05) is 0 Å². The van der Waals surface area contributed by atoms with Crippen molar-refractivity contribution < 1.29 is 8.85 Å². The van der Waals surface area contributed by atoms with Gasteiger partial charge in [0.15, 0.2) is 8.32 Å². The maximum Gasteiger partial charge on any atom is 0.261 e. The SMILES string of the molecule is CCCCCCCCCCCCC/C=C/[C@@H](O[Si](C)(C)C(C)(C)C)[C@@H](N)CO[Si](c1ccccc1)(c1ccccc1)C(C)(C)C. The number of rotatable bonds is 21. The molecule has 45 heavy (non-hydrogen) atoms. The summed E-state index contributed by atoms with van der Waals surface area (Å²) in [5.74, 6) is 0.